The van der Waals surface area contributed by atoms with Crippen LogP contribution >= 0.6 is 11.8 Å². The third kappa shape index (κ3) is 3.33. The molecule has 3 aromatic heterocycles. The molecule has 0 amide bonds. The van der Waals surface area contributed by atoms with Gasteiger partial charge in [-0.25, -0.2) is 14.8 Å². The van der Waals surface area contributed by atoms with Gasteiger partial charge in [-0.1, -0.05) is 5.16 Å². The Morgan fingerprint density at radius 3 is 2.79 bits per heavy atom. The number of rotatable bonds is 5. The van der Waals surface area contributed by atoms with Crippen LogP contribution in [0.4, 0.5) is 0 Å². The zero-order valence-corrected chi connectivity index (χ0v) is 14.2. The maximum atomic E-state index is 12.4. The van der Waals surface area contributed by atoms with E-state index in [1.165, 1.54) is 11.8 Å². The van der Waals surface area contributed by atoms with E-state index in [1.807, 2.05) is 6.26 Å². The van der Waals surface area contributed by atoms with E-state index in [1.54, 1.807) is 38.3 Å². The number of thioether (sulfide) groups is 1. The van der Waals surface area contributed by atoms with Gasteiger partial charge >= 0.3 is 5.97 Å². The second kappa shape index (κ2) is 6.88. The number of nitrogens with zero attached hydrogens (tertiary/aromatic N) is 3. The second-order valence-corrected chi connectivity index (χ2v) is 5.79. The highest BCUT2D eigenvalue weighted by Gasteiger charge is 2.21. The Bertz CT molecular complexity index is 858. The predicted molar refractivity (Wildman–Crippen MR) is 86.6 cm³/mol. The highest BCUT2D eigenvalue weighted by molar-refractivity contribution is 7.98. The quantitative estimate of drug-likeness (QED) is 0.395. The third-order valence-corrected chi connectivity index (χ3v) is 3.91. The Balaban J connectivity index is 1.85. The van der Waals surface area contributed by atoms with E-state index in [2.05, 4.69) is 15.1 Å². The first-order chi connectivity index (χ1) is 11.6. The van der Waals surface area contributed by atoms with Crippen LogP contribution in [0.1, 0.15) is 27.5 Å². The van der Waals surface area contributed by atoms with Gasteiger partial charge in [-0.2, -0.15) is 0 Å². The van der Waals surface area contributed by atoms with E-state index in [0.29, 0.717) is 39.3 Å². The lowest BCUT2D eigenvalue weighted by Crippen LogP contribution is -2.12. The Labute approximate surface area is 142 Å². The second-order valence-electron chi connectivity index (χ2n) is 5.00. The van der Waals surface area contributed by atoms with Gasteiger partial charge in [-0.05, 0) is 32.2 Å². The predicted octanol–water partition coefficient (Wildman–Crippen LogP) is 3.42. The van der Waals surface area contributed by atoms with Crippen molar-refractivity contribution in [2.75, 3.05) is 6.26 Å². The van der Waals surface area contributed by atoms with E-state index < -0.39 is 5.97 Å². The van der Waals surface area contributed by atoms with Gasteiger partial charge in [-0.15, -0.1) is 11.8 Å². The largest absolute Gasteiger partial charge is 0.461 e. The van der Waals surface area contributed by atoms with Gasteiger partial charge < -0.3 is 13.7 Å². The average molecular weight is 345 g/mol. The summed E-state index contributed by atoms with van der Waals surface area (Å²) in [5.41, 5.74) is 1.43. The van der Waals surface area contributed by atoms with E-state index in [9.17, 15) is 4.79 Å². The molecule has 0 radical (unpaired) electrons. The maximum absolute atomic E-state index is 12.4. The van der Waals surface area contributed by atoms with Crippen molar-refractivity contribution in [1.29, 1.82) is 0 Å². The molecule has 0 aliphatic rings. The minimum absolute atomic E-state index is 0.0311. The number of aryl methyl sites for hydroxylation is 2. The van der Waals surface area contributed by atoms with Gasteiger partial charge in [0.2, 0.25) is 0 Å². The van der Waals surface area contributed by atoms with Gasteiger partial charge in [0.25, 0.3) is 0 Å². The Kier molecular flexibility index (Phi) is 4.66. The summed E-state index contributed by atoms with van der Waals surface area (Å²) < 4.78 is 15.6. The smallest absolute Gasteiger partial charge is 0.343 e. The molecule has 0 N–H and O–H groups in total. The fourth-order valence-corrected chi connectivity index (χ4v) is 2.76. The van der Waals surface area contributed by atoms with Crippen LogP contribution in [0.5, 0.6) is 0 Å². The van der Waals surface area contributed by atoms with Crippen LogP contribution in [-0.4, -0.2) is 27.3 Å². The molecule has 24 heavy (non-hydrogen) atoms. The standard InChI is InChI=1S/C16H15N3O4S/c1-9-7-11(19-23-9)8-22-16(20)13-10(2)17-14(18-15(13)24-3)12-5-4-6-21-12/h4-7H,8H2,1-3H3. The fraction of sp³-hybridized carbons (Fsp3) is 0.250. The molecule has 0 saturated carbocycles. The molecule has 0 saturated heterocycles. The number of ether oxygens (including phenoxy) is 1. The molecule has 0 aromatic carbocycles. The SMILES string of the molecule is CSc1nc(-c2ccco2)nc(C)c1C(=O)OCc1cc(C)on1. The van der Waals surface area contributed by atoms with Gasteiger partial charge in [0.15, 0.2) is 11.6 Å². The van der Waals surface area contributed by atoms with Crippen LogP contribution in [0.3, 0.4) is 0 Å². The van der Waals surface area contributed by atoms with E-state index >= 15 is 0 Å². The molecule has 3 aromatic rings. The van der Waals surface area contributed by atoms with E-state index in [-0.39, 0.29) is 6.61 Å². The van der Waals surface area contributed by atoms with Gasteiger partial charge in [0, 0.05) is 6.07 Å². The molecule has 3 heterocycles. The molecule has 0 fully saturated rings. The minimum atomic E-state index is -0.497. The molecule has 0 aliphatic heterocycles. The summed E-state index contributed by atoms with van der Waals surface area (Å²) in [5, 5.41) is 4.33. The number of aromatic nitrogens is 3. The molecule has 8 heteroatoms. The summed E-state index contributed by atoms with van der Waals surface area (Å²) in [6.07, 6.45) is 3.39. The highest BCUT2D eigenvalue weighted by atomic mass is 32.2. The van der Waals surface area contributed by atoms with Crippen molar-refractivity contribution < 1.29 is 18.5 Å². The fourth-order valence-electron chi connectivity index (χ4n) is 2.14. The minimum Gasteiger partial charge on any atom is -0.461 e. The summed E-state index contributed by atoms with van der Waals surface area (Å²) in [4.78, 5) is 21.2. The van der Waals surface area contributed by atoms with Crippen molar-refractivity contribution in [3.05, 3.63) is 47.2 Å². The van der Waals surface area contributed by atoms with Crippen LogP contribution in [-0.2, 0) is 11.3 Å². The summed E-state index contributed by atoms with van der Waals surface area (Å²) in [6.45, 7) is 3.55. The van der Waals surface area contributed by atoms with Crippen molar-refractivity contribution in [3.63, 3.8) is 0 Å². The molecular weight excluding hydrogens is 330 g/mol. The number of hydrogen-bond donors (Lipinski definition) is 0. The molecule has 0 unspecified atom stereocenters. The topological polar surface area (TPSA) is 91.2 Å². The van der Waals surface area contributed by atoms with Crippen molar-refractivity contribution >= 4 is 17.7 Å². The summed E-state index contributed by atoms with van der Waals surface area (Å²) >= 11 is 1.35. The normalized spacial score (nSPS) is 10.8. The summed E-state index contributed by atoms with van der Waals surface area (Å²) in [7, 11) is 0. The molecule has 124 valence electrons. The number of hydrogen-bond acceptors (Lipinski definition) is 8. The number of furan rings is 1. The lowest BCUT2D eigenvalue weighted by molar-refractivity contribution is 0.0457. The van der Waals surface area contributed by atoms with Crippen molar-refractivity contribution in [2.45, 2.75) is 25.5 Å². The zero-order valence-electron chi connectivity index (χ0n) is 13.4. The molecule has 7 nitrogen and oxygen atoms in total. The van der Waals surface area contributed by atoms with Crippen molar-refractivity contribution in [2.24, 2.45) is 0 Å². The molecule has 0 aliphatic carbocycles. The maximum Gasteiger partial charge on any atom is 0.343 e. The number of carbonyl (C=O) groups excluding carboxylic acids is 1. The Morgan fingerprint density at radius 1 is 1.33 bits per heavy atom. The van der Waals surface area contributed by atoms with E-state index in [0.717, 1.165) is 0 Å². The molecule has 0 atom stereocenters. The first-order valence-electron chi connectivity index (χ1n) is 7.14. The molecule has 0 spiro atoms. The Hall–Kier alpha value is -2.61. The van der Waals surface area contributed by atoms with Crippen LogP contribution in [0.15, 0.2) is 38.4 Å². The van der Waals surface area contributed by atoms with Gasteiger partial charge in [-0.3, -0.25) is 0 Å². The summed E-state index contributed by atoms with van der Waals surface area (Å²) in [5.74, 6) is 1.15. The van der Waals surface area contributed by atoms with Crippen molar-refractivity contribution in [1.82, 2.24) is 15.1 Å². The first kappa shape index (κ1) is 16.3. The van der Waals surface area contributed by atoms with E-state index in [4.69, 9.17) is 13.7 Å². The third-order valence-electron chi connectivity index (χ3n) is 3.22. The lowest BCUT2D eigenvalue weighted by Gasteiger charge is -2.10. The van der Waals surface area contributed by atoms with Crippen LogP contribution in [0.2, 0.25) is 0 Å². The zero-order chi connectivity index (χ0) is 17.1. The van der Waals surface area contributed by atoms with Crippen molar-refractivity contribution in [3.8, 4) is 11.6 Å². The lowest BCUT2D eigenvalue weighted by atomic mass is 10.2. The summed E-state index contributed by atoms with van der Waals surface area (Å²) in [6, 6.07) is 5.24. The van der Waals surface area contributed by atoms with Crippen LogP contribution in [0, 0.1) is 13.8 Å². The van der Waals surface area contributed by atoms with Gasteiger partial charge in [0.05, 0.1) is 12.0 Å². The first-order valence-corrected chi connectivity index (χ1v) is 8.36. The van der Waals surface area contributed by atoms with Crippen LogP contribution in [0.25, 0.3) is 11.6 Å². The van der Waals surface area contributed by atoms with Gasteiger partial charge in [0.1, 0.15) is 28.7 Å². The Morgan fingerprint density at radius 2 is 2.17 bits per heavy atom. The number of carbonyl (C=O) groups is 1. The monoisotopic (exact) mass is 345 g/mol. The number of esters is 1. The highest BCUT2D eigenvalue weighted by Crippen LogP contribution is 2.26. The molecule has 0 bridgehead atoms. The van der Waals surface area contributed by atoms with Crippen LogP contribution < -0.4 is 0 Å². The molecule has 3 rings (SSSR count). The average Bonchev–Trinajstić information content (AvgIpc) is 3.23. The molecular formula is C16H15N3O4S.